The Hall–Kier alpha value is -2.61. The fourth-order valence-corrected chi connectivity index (χ4v) is 4.89. The predicted molar refractivity (Wildman–Crippen MR) is 105 cm³/mol. The lowest BCUT2D eigenvalue weighted by atomic mass is 10.1. The number of pyridine rings is 1. The second-order valence-corrected chi connectivity index (χ2v) is 8.94. The molecule has 1 aromatic carbocycles. The quantitative estimate of drug-likeness (QED) is 0.704. The molecule has 0 N–H and O–H groups in total. The molecule has 0 saturated carbocycles. The van der Waals surface area contributed by atoms with Crippen LogP contribution in [-0.2, 0) is 16.4 Å². The Kier molecular flexibility index (Phi) is 6.18. The van der Waals surface area contributed by atoms with E-state index in [0.717, 1.165) is 5.56 Å². The molecule has 0 unspecified atom stereocenters. The zero-order chi connectivity index (χ0) is 20.1. The molecule has 28 heavy (non-hydrogen) atoms. The summed E-state index contributed by atoms with van der Waals surface area (Å²) >= 11 is 0. The average molecular weight is 404 g/mol. The zero-order valence-electron chi connectivity index (χ0n) is 16.0. The van der Waals surface area contributed by atoms with Gasteiger partial charge in [-0.2, -0.15) is 0 Å². The smallest absolute Gasteiger partial charge is 0.254 e. The molecule has 8 heteroatoms. The summed E-state index contributed by atoms with van der Waals surface area (Å²) in [5, 5.41) is 0. The van der Waals surface area contributed by atoms with E-state index in [0.29, 0.717) is 36.7 Å². The molecule has 1 aromatic heterocycles. The monoisotopic (exact) mass is 404 g/mol. The van der Waals surface area contributed by atoms with Gasteiger partial charge in [-0.05, 0) is 49.2 Å². The molecule has 3 rings (SSSR count). The van der Waals surface area contributed by atoms with Gasteiger partial charge in [-0.25, -0.2) is 8.42 Å². The summed E-state index contributed by atoms with van der Waals surface area (Å²) in [4.78, 5) is 18.3. The van der Waals surface area contributed by atoms with Crippen LogP contribution in [0.4, 0.5) is 0 Å². The number of hydrogen-bond donors (Lipinski definition) is 0. The molecule has 1 fully saturated rings. The molecule has 0 radical (unpaired) electrons. The number of hydrogen-bond acceptors (Lipinski definition) is 6. The van der Waals surface area contributed by atoms with Gasteiger partial charge in [-0.3, -0.25) is 9.78 Å². The van der Waals surface area contributed by atoms with E-state index < -0.39 is 9.84 Å². The molecule has 1 saturated heterocycles. The van der Waals surface area contributed by atoms with E-state index in [1.54, 1.807) is 37.6 Å². The highest BCUT2D eigenvalue weighted by Crippen LogP contribution is 2.30. The van der Waals surface area contributed by atoms with E-state index in [2.05, 4.69) is 4.98 Å². The maximum Gasteiger partial charge on any atom is 0.254 e. The second kappa shape index (κ2) is 8.60. The summed E-state index contributed by atoms with van der Waals surface area (Å²) < 4.78 is 34.9. The van der Waals surface area contributed by atoms with Crippen LogP contribution in [0.15, 0.2) is 42.7 Å². The van der Waals surface area contributed by atoms with Crippen LogP contribution in [0.5, 0.6) is 11.5 Å². The lowest BCUT2D eigenvalue weighted by molar-refractivity contribution is 0.0747. The minimum atomic E-state index is -3.06. The Bertz CT molecular complexity index is 931. The van der Waals surface area contributed by atoms with Gasteiger partial charge in [-0.1, -0.05) is 0 Å². The van der Waals surface area contributed by atoms with Gasteiger partial charge >= 0.3 is 0 Å². The minimum Gasteiger partial charge on any atom is -0.490 e. The molecule has 0 spiro atoms. The van der Waals surface area contributed by atoms with Crippen LogP contribution >= 0.6 is 0 Å². The van der Waals surface area contributed by atoms with Gasteiger partial charge in [-0.15, -0.1) is 0 Å². The summed E-state index contributed by atoms with van der Waals surface area (Å²) in [5.74, 6) is 0.932. The third-order valence-corrected chi connectivity index (χ3v) is 6.46. The highest BCUT2D eigenvalue weighted by molar-refractivity contribution is 7.91. The van der Waals surface area contributed by atoms with Gasteiger partial charge in [0.1, 0.15) is 6.61 Å². The van der Waals surface area contributed by atoms with Crippen molar-refractivity contribution in [3.8, 4) is 11.5 Å². The molecule has 1 amide bonds. The molecule has 2 heterocycles. The topological polar surface area (TPSA) is 85.8 Å². The van der Waals surface area contributed by atoms with Crippen LogP contribution < -0.4 is 9.47 Å². The van der Waals surface area contributed by atoms with Crippen molar-refractivity contribution >= 4 is 15.7 Å². The fourth-order valence-electron chi connectivity index (χ4n) is 3.12. The Balaban J connectivity index is 1.75. The molecule has 1 aliphatic rings. The van der Waals surface area contributed by atoms with Gasteiger partial charge in [0.05, 0.1) is 18.1 Å². The van der Waals surface area contributed by atoms with Crippen LogP contribution in [0.3, 0.4) is 0 Å². The normalized spacial score (nSPS) is 17.9. The van der Waals surface area contributed by atoms with Crippen LogP contribution in [0.2, 0.25) is 0 Å². The molecule has 0 bridgehead atoms. The van der Waals surface area contributed by atoms with Gasteiger partial charge in [0.15, 0.2) is 21.3 Å². The van der Waals surface area contributed by atoms with E-state index in [4.69, 9.17) is 9.47 Å². The van der Waals surface area contributed by atoms with Crippen LogP contribution in [0.1, 0.15) is 29.3 Å². The number of benzene rings is 1. The first-order chi connectivity index (χ1) is 13.4. The van der Waals surface area contributed by atoms with Crippen molar-refractivity contribution in [2.45, 2.75) is 26.0 Å². The lowest BCUT2D eigenvalue weighted by Gasteiger charge is -2.24. The molecular formula is C20H24N2O5S. The van der Waals surface area contributed by atoms with Crippen LogP contribution in [0, 0.1) is 0 Å². The van der Waals surface area contributed by atoms with Gasteiger partial charge in [0, 0.05) is 31.0 Å². The van der Waals surface area contributed by atoms with Gasteiger partial charge in [0.2, 0.25) is 0 Å². The van der Waals surface area contributed by atoms with Gasteiger partial charge < -0.3 is 14.4 Å². The maximum atomic E-state index is 12.8. The second-order valence-electron chi connectivity index (χ2n) is 6.71. The average Bonchev–Trinajstić information content (AvgIpc) is 3.06. The molecule has 1 aliphatic heterocycles. The van der Waals surface area contributed by atoms with Gasteiger partial charge in [0.25, 0.3) is 5.91 Å². The number of carbonyl (C=O) groups excluding carboxylic acids is 1. The van der Waals surface area contributed by atoms with Crippen molar-refractivity contribution in [2.75, 3.05) is 25.2 Å². The lowest BCUT2D eigenvalue weighted by Crippen LogP contribution is -2.37. The van der Waals surface area contributed by atoms with Crippen molar-refractivity contribution in [3.63, 3.8) is 0 Å². The van der Waals surface area contributed by atoms with Crippen molar-refractivity contribution in [1.29, 1.82) is 0 Å². The molecule has 150 valence electrons. The SMILES string of the molecule is CCOc1cc(C(=O)N(C)[C@@H]2CCS(=O)(=O)C2)ccc1OCc1ccncc1. The summed E-state index contributed by atoms with van der Waals surface area (Å²) in [6, 6.07) is 8.46. The highest BCUT2D eigenvalue weighted by atomic mass is 32.2. The predicted octanol–water partition coefficient (Wildman–Crippen LogP) is 2.32. The van der Waals surface area contributed by atoms with Crippen molar-refractivity contribution in [3.05, 3.63) is 53.9 Å². The van der Waals surface area contributed by atoms with Crippen LogP contribution in [0.25, 0.3) is 0 Å². The largest absolute Gasteiger partial charge is 0.490 e. The molecule has 7 nitrogen and oxygen atoms in total. The van der Waals surface area contributed by atoms with Crippen molar-refractivity contribution in [1.82, 2.24) is 9.88 Å². The van der Waals surface area contributed by atoms with E-state index in [-0.39, 0.29) is 23.5 Å². The molecule has 0 aliphatic carbocycles. The summed E-state index contributed by atoms with van der Waals surface area (Å²) in [6.07, 6.45) is 3.86. The number of carbonyl (C=O) groups is 1. The Labute approximate surface area is 165 Å². The minimum absolute atomic E-state index is 0.0146. The number of nitrogens with zero attached hydrogens (tertiary/aromatic N) is 2. The van der Waals surface area contributed by atoms with Crippen LogP contribution in [-0.4, -0.2) is 55.4 Å². The van der Waals surface area contributed by atoms with E-state index in [1.807, 2.05) is 19.1 Å². The number of amides is 1. The summed E-state index contributed by atoms with van der Waals surface area (Å²) in [5.41, 5.74) is 1.41. The molecule has 1 atom stereocenters. The third-order valence-electron chi connectivity index (χ3n) is 4.71. The standard InChI is InChI=1S/C20H24N2O5S/c1-3-26-19-12-16(20(23)22(2)17-8-11-28(24,25)14-17)4-5-18(19)27-13-15-6-9-21-10-7-15/h4-7,9-10,12,17H,3,8,11,13-14H2,1-2H3/t17-/m1/s1. The summed E-state index contributed by atoms with van der Waals surface area (Å²) in [6.45, 7) is 2.65. The number of ether oxygens (including phenoxy) is 2. The Morgan fingerprint density at radius 2 is 1.93 bits per heavy atom. The first-order valence-corrected chi connectivity index (χ1v) is 11.0. The van der Waals surface area contributed by atoms with E-state index in [9.17, 15) is 13.2 Å². The summed E-state index contributed by atoms with van der Waals surface area (Å²) in [7, 11) is -1.42. The molecular weight excluding hydrogens is 380 g/mol. The maximum absolute atomic E-state index is 12.8. The zero-order valence-corrected chi connectivity index (χ0v) is 16.8. The van der Waals surface area contributed by atoms with Crippen molar-refractivity contribution < 1.29 is 22.7 Å². The highest BCUT2D eigenvalue weighted by Gasteiger charge is 2.33. The van der Waals surface area contributed by atoms with Crippen molar-refractivity contribution in [2.24, 2.45) is 0 Å². The fraction of sp³-hybridized carbons (Fsp3) is 0.400. The number of rotatable bonds is 7. The first-order valence-electron chi connectivity index (χ1n) is 9.16. The Morgan fingerprint density at radius 3 is 2.57 bits per heavy atom. The van der Waals surface area contributed by atoms with E-state index >= 15 is 0 Å². The number of aromatic nitrogens is 1. The molecule has 2 aromatic rings. The number of sulfone groups is 1. The Morgan fingerprint density at radius 1 is 1.18 bits per heavy atom. The van der Waals surface area contributed by atoms with E-state index in [1.165, 1.54) is 4.90 Å². The third kappa shape index (κ3) is 4.81. The first kappa shape index (κ1) is 20.1.